The van der Waals surface area contributed by atoms with Gasteiger partial charge >= 0.3 is 0 Å². The normalized spacial score (nSPS) is 23.9. The molecule has 0 saturated heterocycles. The fourth-order valence-corrected chi connectivity index (χ4v) is 4.35. The number of aliphatic hydroxyl groups excluding tert-OH is 1. The number of rotatable bonds is 4. The molecule has 1 aliphatic heterocycles. The maximum absolute atomic E-state index is 9.61. The van der Waals surface area contributed by atoms with E-state index in [-0.39, 0.29) is 12.5 Å². The van der Waals surface area contributed by atoms with Crippen LogP contribution in [0.25, 0.3) is 16.5 Å². The first-order valence-corrected chi connectivity index (χ1v) is 8.86. The Hall–Kier alpha value is -1.58. The lowest BCUT2D eigenvalue weighted by Crippen LogP contribution is -2.43. The molecule has 1 aromatic heterocycles. The lowest BCUT2D eigenvalue weighted by molar-refractivity contribution is 0.181. The SMILES string of the molecule is CCCCn1cc2c3c(cccc31)C1=C[C@@H](CO)CN(C)[C@@H]1C2. The molecule has 0 unspecified atom stereocenters. The predicted octanol–water partition coefficient (Wildman–Crippen LogP) is 3.30. The van der Waals surface area contributed by atoms with Gasteiger partial charge in [0.2, 0.25) is 0 Å². The predicted molar refractivity (Wildman–Crippen MR) is 95.5 cm³/mol. The minimum Gasteiger partial charge on any atom is -0.396 e. The average molecular weight is 310 g/mol. The molecule has 2 heterocycles. The fraction of sp³-hybridized carbons (Fsp3) is 0.500. The van der Waals surface area contributed by atoms with Gasteiger partial charge in [0, 0.05) is 42.1 Å². The largest absolute Gasteiger partial charge is 0.396 e. The Morgan fingerprint density at radius 1 is 1.30 bits per heavy atom. The Kier molecular flexibility index (Phi) is 3.78. The highest BCUT2D eigenvalue weighted by molar-refractivity contribution is 5.98. The number of aryl methyl sites for hydroxylation is 1. The zero-order chi connectivity index (χ0) is 16.0. The van der Waals surface area contributed by atoms with Crippen molar-refractivity contribution < 1.29 is 5.11 Å². The number of hydrogen-bond donors (Lipinski definition) is 1. The summed E-state index contributed by atoms with van der Waals surface area (Å²) in [5.41, 5.74) is 5.67. The van der Waals surface area contributed by atoms with Crippen molar-refractivity contribution in [2.75, 3.05) is 20.2 Å². The van der Waals surface area contributed by atoms with Gasteiger partial charge in [0.15, 0.2) is 0 Å². The van der Waals surface area contributed by atoms with Crippen molar-refractivity contribution in [3.63, 3.8) is 0 Å². The molecule has 2 aliphatic rings. The van der Waals surface area contributed by atoms with Crippen molar-refractivity contribution in [2.45, 2.75) is 38.8 Å². The molecule has 23 heavy (non-hydrogen) atoms. The van der Waals surface area contributed by atoms with Gasteiger partial charge in [0.25, 0.3) is 0 Å². The molecule has 0 bridgehead atoms. The van der Waals surface area contributed by atoms with E-state index in [0.29, 0.717) is 6.04 Å². The van der Waals surface area contributed by atoms with E-state index < -0.39 is 0 Å². The van der Waals surface area contributed by atoms with Crippen LogP contribution in [-0.2, 0) is 13.0 Å². The number of aliphatic hydroxyl groups is 1. The topological polar surface area (TPSA) is 28.4 Å². The molecular formula is C20H26N2O. The molecule has 122 valence electrons. The second-order valence-corrected chi connectivity index (χ2v) is 7.13. The number of benzene rings is 1. The second kappa shape index (κ2) is 5.81. The Bertz CT molecular complexity index is 758. The van der Waals surface area contributed by atoms with Crippen LogP contribution in [0.15, 0.2) is 30.5 Å². The van der Waals surface area contributed by atoms with E-state index in [2.05, 4.69) is 53.9 Å². The number of aromatic nitrogens is 1. The molecule has 4 rings (SSSR count). The number of unbranched alkanes of at least 4 members (excludes halogenated alkanes) is 1. The van der Waals surface area contributed by atoms with Crippen molar-refractivity contribution in [2.24, 2.45) is 5.92 Å². The minimum absolute atomic E-state index is 0.237. The molecule has 1 N–H and O–H groups in total. The van der Waals surface area contributed by atoms with Gasteiger partial charge in [-0.05, 0) is 42.7 Å². The van der Waals surface area contributed by atoms with E-state index in [1.807, 2.05) is 0 Å². The van der Waals surface area contributed by atoms with Gasteiger partial charge in [0.1, 0.15) is 0 Å². The highest BCUT2D eigenvalue weighted by Gasteiger charge is 2.33. The Labute approximate surface area is 138 Å². The highest BCUT2D eigenvalue weighted by Crippen LogP contribution is 2.41. The number of nitrogens with zero attached hydrogens (tertiary/aromatic N) is 2. The zero-order valence-electron chi connectivity index (χ0n) is 14.1. The number of likely N-dealkylation sites (N-methyl/N-ethyl adjacent to an activating group) is 1. The molecule has 1 aliphatic carbocycles. The molecule has 0 amide bonds. The number of hydrogen-bond acceptors (Lipinski definition) is 2. The molecule has 2 aromatic rings. The molecule has 0 fully saturated rings. The monoisotopic (exact) mass is 310 g/mol. The van der Waals surface area contributed by atoms with Crippen molar-refractivity contribution in [3.8, 4) is 0 Å². The molecule has 3 heteroatoms. The second-order valence-electron chi connectivity index (χ2n) is 7.13. The first-order valence-electron chi connectivity index (χ1n) is 8.86. The summed E-state index contributed by atoms with van der Waals surface area (Å²) in [7, 11) is 2.19. The average Bonchev–Trinajstić information content (AvgIpc) is 2.93. The molecule has 2 atom stereocenters. The van der Waals surface area contributed by atoms with Crippen LogP contribution in [0, 0.1) is 5.92 Å². The van der Waals surface area contributed by atoms with Crippen LogP contribution in [0.4, 0.5) is 0 Å². The standard InChI is InChI=1S/C20H26N2O/c1-3-4-8-22-12-15-10-19-17(9-14(13-23)11-21(19)2)16-6-5-7-18(22)20(15)16/h5-7,9,12,14,19,23H,3-4,8,10-11,13H2,1-2H3/t14-,19-/m1/s1. The molecule has 1 aromatic carbocycles. The van der Waals surface area contributed by atoms with Gasteiger partial charge in [-0.1, -0.05) is 31.6 Å². The van der Waals surface area contributed by atoms with E-state index in [1.165, 1.54) is 40.4 Å². The third-order valence-electron chi connectivity index (χ3n) is 5.52. The summed E-state index contributed by atoms with van der Waals surface area (Å²) in [5.74, 6) is 0.255. The van der Waals surface area contributed by atoms with Crippen LogP contribution in [0.5, 0.6) is 0 Å². The van der Waals surface area contributed by atoms with Gasteiger partial charge in [-0.25, -0.2) is 0 Å². The lowest BCUT2D eigenvalue weighted by atomic mass is 9.80. The maximum atomic E-state index is 9.61. The van der Waals surface area contributed by atoms with E-state index in [1.54, 1.807) is 0 Å². The quantitative estimate of drug-likeness (QED) is 0.938. The first kappa shape index (κ1) is 15.0. The van der Waals surface area contributed by atoms with E-state index in [4.69, 9.17) is 0 Å². The maximum Gasteiger partial charge on any atom is 0.0506 e. The molecular weight excluding hydrogens is 284 g/mol. The minimum atomic E-state index is 0.237. The summed E-state index contributed by atoms with van der Waals surface area (Å²) >= 11 is 0. The van der Waals surface area contributed by atoms with Gasteiger partial charge in [-0.3, -0.25) is 4.90 Å². The van der Waals surface area contributed by atoms with E-state index in [0.717, 1.165) is 19.5 Å². The van der Waals surface area contributed by atoms with Gasteiger partial charge in [0.05, 0.1) is 6.61 Å². The van der Waals surface area contributed by atoms with Crippen molar-refractivity contribution in [1.29, 1.82) is 0 Å². The van der Waals surface area contributed by atoms with Crippen LogP contribution < -0.4 is 0 Å². The summed E-state index contributed by atoms with van der Waals surface area (Å²) < 4.78 is 2.44. The summed E-state index contributed by atoms with van der Waals surface area (Å²) in [4.78, 5) is 2.42. The Balaban J connectivity index is 1.87. The Morgan fingerprint density at radius 3 is 2.96 bits per heavy atom. The third kappa shape index (κ3) is 2.34. The fourth-order valence-electron chi connectivity index (χ4n) is 4.35. The summed E-state index contributed by atoms with van der Waals surface area (Å²) in [6.45, 7) is 4.54. The van der Waals surface area contributed by atoms with Gasteiger partial charge < -0.3 is 9.67 Å². The van der Waals surface area contributed by atoms with E-state index in [9.17, 15) is 5.11 Å². The van der Waals surface area contributed by atoms with E-state index >= 15 is 0 Å². The van der Waals surface area contributed by atoms with Gasteiger partial charge in [-0.15, -0.1) is 0 Å². The smallest absolute Gasteiger partial charge is 0.0506 e. The summed E-state index contributed by atoms with van der Waals surface area (Å²) in [6, 6.07) is 7.17. The van der Waals surface area contributed by atoms with Crippen molar-refractivity contribution in [3.05, 3.63) is 41.6 Å². The van der Waals surface area contributed by atoms with Crippen LogP contribution in [0.1, 0.15) is 30.9 Å². The zero-order valence-corrected chi connectivity index (χ0v) is 14.1. The lowest BCUT2D eigenvalue weighted by Gasteiger charge is -2.39. The highest BCUT2D eigenvalue weighted by atomic mass is 16.3. The number of fused-ring (bicyclic) bond motifs is 2. The first-order chi connectivity index (χ1) is 11.2. The third-order valence-corrected chi connectivity index (χ3v) is 5.52. The van der Waals surface area contributed by atoms with Crippen molar-refractivity contribution >= 4 is 16.5 Å². The molecule has 0 radical (unpaired) electrons. The van der Waals surface area contributed by atoms with Crippen molar-refractivity contribution in [1.82, 2.24) is 9.47 Å². The Morgan fingerprint density at radius 2 is 2.17 bits per heavy atom. The van der Waals surface area contributed by atoms with Gasteiger partial charge in [-0.2, -0.15) is 0 Å². The summed E-state index contributed by atoms with van der Waals surface area (Å²) in [5, 5.41) is 11.1. The molecule has 3 nitrogen and oxygen atoms in total. The van der Waals surface area contributed by atoms with Crippen LogP contribution in [-0.4, -0.2) is 40.8 Å². The van der Waals surface area contributed by atoms with Crippen LogP contribution >= 0.6 is 0 Å². The molecule has 0 spiro atoms. The van der Waals surface area contributed by atoms with Crippen LogP contribution in [0.3, 0.4) is 0 Å². The molecule has 0 saturated carbocycles. The van der Waals surface area contributed by atoms with Crippen LogP contribution in [0.2, 0.25) is 0 Å². The summed E-state index contributed by atoms with van der Waals surface area (Å²) in [6.07, 6.45) is 8.25.